The van der Waals surface area contributed by atoms with Gasteiger partial charge in [-0.2, -0.15) is 0 Å². The average Bonchev–Trinajstić information content (AvgIpc) is 2.12. The van der Waals surface area contributed by atoms with Crippen molar-refractivity contribution in [2.75, 3.05) is 11.5 Å². The van der Waals surface area contributed by atoms with Gasteiger partial charge < -0.3 is 5.11 Å². The first-order chi connectivity index (χ1) is 6.57. The second kappa shape index (κ2) is 7.97. The van der Waals surface area contributed by atoms with Crippen LogP contribution in [0.1, 0.15) is 39.5 Å². The third kappa shape index (κ3) is 7.06. The SMILES string of the molecule is CCCCCCS(=O)CC(C)C(=O)O. The molecule has 0 aromatic heterocycles. The number of hydrogen-bond acceptors (Lipinski definition) is 2. The van der Waals surface area contributed by atoms with Crippen molar-refractivity contribution >= 4 is 16.8 Å². The molecule has 4 heteroatoms. The third-order valence-electron chi connectivity index (χ3n) is 2.08. The summed E-state index contributed by atoms with van der Waals surface area (Å²) in [6.07, 6.45) is 4.39. The van der Waals surface area contributed by atoms with Crippen molar-refractivity contribution in [1.82, 2.24) is 0 Å². The molecular weight excluding hydrogens is 200 g/mol. The van der Waals surface area contributed by atoms with E-state index >= 15 is 0 Å². The summed E-state index contributed by atoms with van der Waals surface area (Å²) in [4.78, 5) is 10.5. The normalized spacial score (nSPS) is 15.0. The molecule has 0 aliphatic carbocycles. The Hall–Kier alpha value is -0.380. The Balaban J connectivity index is 3.50. The molecule has 0 aromatic rings. The molecule has 0 bridgehead atoms. The zero-order valence-corrected chi connectivity index (χ0v) is 9.81. The molecule has 0 aliphatic heterocycles. The number of unbranched alkanes of at least 4 members (excludes halogenated alkanes) is 3. The maximum atomic E-state index is 11.4. The fraction of sp³-hybridized carbons (Fsp3) is 0.900. The first-order valence-electron chi connectivity index (χ1n) is 5.15. The smallest absolute Gasteiger partial charge is 0.307 e. The molecule has 0 fully saturated rings. The Morgan fingerprint density at radius 2 is 2.00 bits per heavy atom. The van der Waals surface area contributed by atoms with E-state index < -0.39 is 22.7 Å². The van der Waals surface area contributed by atoms with E-state index in [-0.39, 0.29) is 0 Å². The van der Waals surface area contributed by atoms with E-state index in [9.17, 15) is 9.00 Å². The van der Waals surface area contributed by atoms with Crippen LogP contribution in [-0.4, -0.2) is 26.8 Å². The monoisotopic (exact) mass is 220 g/mol. The standard InChI is InChI=1S/C10H20O3S/c1-3-4-5-6-7-14(13)8-9(2)10(11)12/h9H,3-8H2,1-2H3,(H,11,12). The van der Waals surface area contributed by atoms with Gasteiger partial charge in [0.15, 0.2) is 0 Å². The summed E-state index contributed by atoms with van der Waals surface area (Å²) in [5.41, 5.74) is 0. The van der Waals surface area contributed by atoms with Crippen LogP contribution >= 0.6 is 0 Å². The van der Waals surface area contributed by atoms with Crippen LogP contribution in [0.25, 0.3) is 0 Å². The van der Waals surface area contributed by atoms with Crippen molar-refractivity contribution in [2.24, 2.45) is 5.92 Å². The van der Waals surface area contributed by atoms with E-state index in [0.29, 0.717) is 11.5 Å². The lowest BCUT2D eigenvalue weighted by Gasteiger charge is -2.05. The average molecular weight is 220 g/mol. The van der Waals surface area contributed by atoms with Gasteiger partial charge >= 0.3 is 5.97 Å². The van der Waals surface area contributed by atoms with E-state index in [0.717, 1.165) is 19.3 Å². The van der Waals surface area contributed by atoms with Gasteiger partial charge in [0.25, 0.3) is 0 Å². The van der Waals surface area contributed by atoms with Crippen molar-refractivity contribution in [1.29, 1.82) is 0 Å². The molecule has 0 spiro atoms. The second-order valence-electron chi connectivity index (χ2n) is 3.61. The molecule has 0 saturated heterocycles. The highest BCUT2D eigenvalue weighted by molar-refractivity contribution is 7.85. The molecule has 0 heterocycles. The summed E-state index contributed by atoms with van der Waals surface area (Å²) >= 11 is 0. The highest BCUT2D eigenvalue weighted by Gasteiger charge is 2.13. The lowest BCUT2D eigenvalue weighted by Crippen LogP contribution is -2.18. The van der Waals surface area contributed by atoms with E-state index in [1.165, 1.54) is 6.42 Å². The highest BCUT2D eigenvalue weighted by Crippen LogP contribution is 2.03. The second-order valence-corrected chi connectivity index (χ2v) is 5.23. The van der Waals surface area contributed by atoms with Crippen molar-refractivity contribution in [3.8, 4) is 0 Å². The molecule has 84 valence electrons. The minimum atomic E-state index is -0.955. The van der Waals surface area contributed by atoms with Crippen LogP contribution in [0.15, 0.2) is 0 Å². The van der Waals surface area contributed by atoms with Gasteiger partial charge in [-0.3, -0.25) is 9.00 Å². The Bertz CT molecular complexity index is 192. The molecule has 1 N–H and O–H groups in total. The van der Waals surface area contributed by atoms with Gasteiger partial charge in [-0.1, -0.05) is 33.1 Å². The lowest BCUT2D eigenvalue weighted by molar-refractivity contribution is -0.140. The fourth-order valence-electron chi connectivity index (χ4n) is 1.12. The summed E-state index contributed by atoms with van der Waals surface area (Å²) in [6, 6.07) is 0. The van der Waals surface area contributed by atoms with Crippen molar-refractivity contribution in [2.45, 2.75) is 39.5 Å². The minimum absolute atomic E-state index is 0.293. The molecular formula is C10H20O3S. The molecule has 3 nitrogen and oxygen atoms in total. The molecule has 0 rings (SSSR count). The summed E-state index contributed by atoms with van der Waals surface area (Å²) in [5, 5.41) is 8.61. The number of aliphatic carboxylic acids is 1. The van der Waals surface area contributed by atoms with Crippen LogP contribution in [0.4, 0.5) is 0 Å². The molecule has 0 radical (unpaired) electrons. The molecule has 0 amide bonds. The van der Waals surface area contributed by atoms with Crippen molar-refractivity contribution < 1.29 is 14.1 Å². The number of rotatable bonds is 8. The lowest BCUT2D eigenvalue weighted by atomic mass is 10.2. The molecule has 2 atom stereocenters. The van der Waals surface area contributed by atoms with Gasteiger partial charge in [-0.25, -0.2) is 0 Å². The van der Waals surface area contributed by atoms with Gasteiger partial charge in [0.1, 0.15) is 0 Å². The predicted octanol–water partition coefficient (Wildman–Crippen LogP) is 2.04. The van der Waals surface area contributed by atoms with Gasteiger partial charge in [0.05, 0.1) is 5.92 Å². The van der Waals surface area contributed by atoms with Gasteiger partial charge in [0.2, 0.25) is 0 Å². The van der Waals surface area contributed by atoms with E-state index in [1.807, 2.05) is 0 Å². The maximum absolute atomic E-state index is 11.4. The Morgan fingerprint density at radius 3 is 2.50 bits per heavy atom. The van der Waals surface area contributed by atoms with Crippen LogP contribution in [-0.2, 0) is 15.6 Å². The molecule has 2 unspecified atom stereocenters. The van der Waals surface area contributed by atoms with Gasteiger partial charge in [-0.15, -0.1) is 0 Å². The number of hydrogen-bond donors (Lipinski definition) is 1. The number of carbonyl (C=O) groups is 1. The number of carboxylic acids is 1. The predicted molar refractivity (Wildman–Crippen MR) is 58.8 cm³/mol. The maximum Gasteiger partial charge on any atom is 0.307 e. The van der Waals surface area contributed by atoms with Gasteiger partial charge in [0, 0.05) is 22.3 Å². The fourth-order valence-corrected chi connectivity index (χ4v) is 2.52. The Kier molecular flexibility index (Phi) is 7.76. The summed E-state index contributed by atoms with van der Waals surface area (Å²) in [7, 11) is -0.955. The quantitative estimate of drug-likeness (QED) is 0.637. The number of carboxylic acid groups (broad SMARTS) is 1. The molecule has 0 aliphatic rings. The topological polar surface area (TPSA) is 54.4 Å². The van der Waals surface area contributed by atoms with E-state index in [1.54, 1.807) is 6.92 Å². The zero-order valence-electron chi connectivity index (χ0n) is 8.99. The van der Waals surface area contributed by atoms with Crippen LogP contribution in [0, 0.1) is 5.92 Å². The van der Waals surface area contributed by atoms with Crippen molar-refractivity contribution in [3.05, 3.63) is 0 Å². The summed E-state index contributed by atoms with van der Waals surface area (Å²) < 4.78 is 11.4. The minimum Gasteiger partial charge on any atom is -0.481 e. The van der Waals surface area contributed by atoms with Crippen LogP contribution in [0.3, 0.4) is 0 Å². The van der Waals surface area contributed by atoms with E-state index in [4.69, 9.17) is 5.11 Å². The zero-order chi connectivity index (χ0) is 11.0. The third-order valence-corrected chi connectivity index (χ3v) is 3.70. The Labute approximate surface area is 88.4 Å². The molecule has 0 saturated carbocycles. The molecule has 0 aromatic carbocycles. The van der Waals surface area contributed by atoms with Crippen LogP contribution < -0.4 is 0 Å². The summed E-state index contributed by atoms with van der Waals surface area (Å²) in [6.45, 7) is 3.73. The molecule has 14 heavy (non-hydrogen) atoms. The van der Waals surface area contributed by atoms with E-state index in [2.05, 4.69) is 6.92 Å². The summed E-state index contributed by atoms with van der Waals surface area (Å²) in [5.74, 6) is -0.395. The highest BCUT2D eigenvalue weighted by atomic mass is 32.2. The first kappa shape index (κ1) is 13.6. The van der Waals surface area contributed by atoms with Crippen LogP contribution in [0.5, 0.6) is 0 Å². The largest absolute Gasteiger partial charge is 0.481 e. The van der Waals surface area contributed by atoms with Gasteiger partial charge in [-0.05, 0) is 6.42 Å². The van der Waals surface area contributed by atoms with Crippen molar-refractivity contribution in [3.63, 3.8) is 0 Å². The van der Waals surface area contributed by atoms with Crippen LogP contribution in [0.2, 0.25) is 0 Å². The Morgan fingerprint density at radius 1 is 1.36 bits per heavy atom. The first-order valence-corrected chi connectivity index (χ1v) is 6.64.